The first-order chi connectivity index (χ1) is 14.9. The Morgan fingerprint density at radius 2 is 2.10 bits per heavy atom. The Hall–Kier alpha value is -3.51. The Bertz CT molecular complexity index is 1060. The van der Waals surface area contributed by atoms with Crippen LogP contribution in [0.15, 0.2) is 53.1 Å². The number of hydrogen-bond donors (Lipinski definition) is 3. The number of rotatable bonds is 7. The van der Waals surface area contributed by atoms with Gasteiger partial charge in [0.15, 0.2) is 11.5 Å². The first-order valence-electron chi connectivity index (χ1n) is 9.49. The van der Waals surface area contributed by atoms with Gasteiger partial charge >= 0.3 is 0 Å². The molecule has 1 aliphatic heterocycles. The van der Waals surface area contributed by atoms with E-state index in [0.29, 0.717) is 28.5 Å². The maximum Gasteiger partial charge on any atom is 0.234 e. The molecule has 3 N–H and O–H groups in total. The molecule has 0 bridgehead atoms. The van der Waals surface area contributed by atoms with Gasteiger partial charge in [0.05, 0.1) is 29.0 Å². The fraction of sp³-hybridized carbons (Fsp3) is 0.227. The van der Waals surface area contributed by atoms with Crippen molar-refractivity contribution in [3.8, 4) is 17.6 Å². The highest BCUT2D eigenvalue weighted by atomic mass is 32.2. The van der Waals surface area contributed by atoms with Crippen LogP contribution in [0.5, 0.6) is 11.5 Å². The van der Waals surface area contributed by atoms with E-state index in [1.807, 2.05) is 0 Å². The predicted molar refractivity (Wildman–Crippen MR) is 115 cm³/mol. The first-order valence-corrected chi connectivity index (χ1v) is 10.5. The summed E-state index contributed by atoms with van der Waals surface area (Å²) in [6, 6.07) is 12.2. The Labute approximate surface area is 182 Å². The minimum absolute atomic E-state index is 0.0274. The third kappa shape index (κ3) is 5.55. The molecule has 0 unspecified atom stereocenters. The number of carbonyl (C=O) groups excluding carboxylic acids is 2. The summed E-state index contributed by atoms with van der Waals surface area (Å²) < 4.78 is 18.4. The van der Waals surface area contributed by atoms with Gasteiger partial charge in [-0.1, -0.05) is 17.8 Å². The highest BCUT2D eigenvalue weighted by Gasteiger charge is 2.30. The summed E-state index contributed by atoms with van der Waals surface area (Å²) >= 11 is 1.04. The van der Waals surface area contributed by atoms with E-state index >= 15 is 0 Å². The number of amides is 2. The number of ether oxygens (including phenoxy) is 1. The van der Waals surface area contributed by atoms with Crippen LogP contribution in [0.2, 0.25) is 0 Å². The zero-order valence-corrected chi connectivity index (χ0v) is 17.5. The number of nitrogens with zero attached hydrogens (tertiary/aromatic N) is 1. The standard InChI is InChI=1S/C22H20FN3O4S/c1-2-30-19-9-13(3-8-18(19)27)16-10-20(28)26-22(17(16)11-24)31-12-21(29)25-15-6-4-14(23)5-7-15/h3-9,16,27H,2,10,12H2,1H3,(H,25,29)(H,26,28)/t16-/m1/s1. The van der Waals surface area contributed by atoms with Gasteiger partial charge in [-0.15, -0.1) is 0 Å². The van der Waals surface area contributed by atoms with E-state index in [4.69, 9.17) is 4.74 Å². The molecule has 0 saturated heterocycles. The van der Waals surface area contributed by atoms with Crippen LogP contribution in [0.25, 0.3) is 0 Å². The molecule has 0 fully saturated rings. The molecule has 0 aromatic heterocycles. The summed E-state index contributed by atoms with van der Waals surface area (Å²) in [5.41, 5.74) is 1.42. The molecule has 2 aromatic rings. The summed E-state index contributed by atoms with van der Waals surface area (Å²) in [5.74, 6) is -1.38. The van der Waals surface area contributed by atoms with Gasteiger partial charge in [-0.25, -0.2) is 4.39 Å². The van der Waals surface area contributed by atoms with E-state index in [2.05, 4.69) is 16.7 Å². The fourth-order valence-electron chi connectivity index (χ4n) is 3.10. The minimum atomic E-state index is -0.527. The highest BCUT2D eigenvalue weighted by Crippen LogP contribution is 2.39. The number of phenolic OH excluding ortho intramolecular Hbond substituents is 1. The number of phenols is 1. The number of nitriles is 1. The average molecular weight is 441 g/mol. The number of aromatic hydroxyl groups is 1. The molecule has 1 atom stereocenters. The molecule has 0 radical (unpaired) electrons. The Morgan fingerprint density at radius 1 is 1.35 bits per heavy atom. The molecular formula is C22H20FN3O4S. The third-order valence-corrected chi connectivity index (χ3v) is 5.53. The largest absolute Gasteiger partial charge is 0.504 e. The van der Waals surface area contributed by atoms with Crippen molar-refractivity contribution in [3.63, 3.8) is 0 Å². The Morgan fingerprint density at radius 3 is 2.77 bits per heavy atom. The molecule has 9 heteroatoms. The SMILES string of the molecule is CCOc1cc([C@H]2CC(=O)NC(SCC(=O)Nc3ccc(F)cc3)=C2C#N)ccc1O. The zero-order valence-electron chi connectivity index (χ0n) is 16.6. The molecule has 0 spiro atoms. The van der Waals surface area contributed by atoms with Crippen molar-refractivity contribution in [3.05, 3.63) is 64.4 Å². The molecule has 0 aliphatic carbocycles. The number of anilines is 1. The summed E-state index contributed by atoms with van der Waals surface area (Å²) in [6.45, 7) is 2.14. The number of allylic oxidation sites excluding steroid dienone is 1. The number of carbonyl (C=O) groups is 2. The summed E-state index contributed by atoms with van der Waals surface area (Å²) in [5, 5.41) is 25.3. The van der Waals surface area contributed by atoms with E-state index in [-0.39, 0.29) is 35.5 Å². The van der Waals surface area contributed by atoms with Crippen LogP contribution in [0.4, 0.5) is 10.1 Å². The van der Waals surface area contributed by atoms with Gasteiger partial charge < -0.3 is 20.5 Å². The van der Waals surface area contributed by atoms with Gasteiger partial charge in [0.25, 0.3) is 0 Å². The van der Waals surface area contributed by atoms with Crippen LogP contribution >= 0.6 is 11.8 Å². The zero-order chi connectivity index (χ0) is 22.4. The Kier molecular flexibility index (Phi) is 7.15. The van der Waals surface area contributed by atoms with Crippen LogP contribution in [0.3, 0.4) is 0 Å². The van der Waals surface area contributed by atoms with E-state index < -0.39 is 11.7 Å². The molecular weight excluding hydrogens is 421 g/mol. The number of nitrogens with one attached hydrogen (secondary N) is 2. The van der Waals surface area contributed by atoms with Crippen molar-refractivity contribution in [2.24, 2.45) is 0 Å². The van der Waals surface area contributed by atoms with Crippen LogP contribution < -0.4 is 15.4 Å². The molecule has 2 amide bonds. The van der Waals surface area contributed by atoms with Crippen LogP contribution in [0, 0.1) is 17.1 Å². The second-order valence-electron chi connectivity index (χ2n) is 6.66. The lowest BCUT2D eigenvalue weighted by Crippen LogP contribution is -2.31. The van der Waals surface area contributed by atoms with E-state index in [1.165, 1.54) is 30.3 Å². The monoisotopic (exact) mass is 441 g/mol. The Balaban J connectivity index is 1.78. The van der Waals surface area contributed by atoms with Gasteiger partial charge in [0.2, 0.25) is 11.8 Å². The lowest BCUT2D eigenvalue weighted by Gasteiger charge is -2.25. The molecule has 2 aromatic carbocycles. The van der Waals surface area contributed by atoms with Gasteiger partial charge in [-0.3, -0.25) is 9.59 Å². The van der Waals surface area contributed by atoms with Crippen molar-refractivity contribution in [2.75, 3.05) is 17.7 Å². The topological polar surface area (TPSA) is 111 Å². The smallest absolute Gasteiger partial charge is 0.234 e. The second kappa shape index (κ2) is 10.00. The van der Waals surface area contributed by atoms with E-state index in [0.717, 1.165) is 11.8 Å². The fourth-order valence-corrected chi connectivity index (χ4v) is 3.98. The van der Waals surface area contributed by atoms with E-state index in [1.54, 1.807) is 19.1 Å². The normalized spacial score (nSPS) is 15.8. The van der Waals surface area contributed by atoms with Crippen molar-refractivity contribution in [1.82, 2.24) is 5.32 Å². The molecule has 0 saturated carbocycles. The lowest BCUT2D eigenvalue weighted by atomic mass is 9.87. The van der Waals surface area contributed by atoms with Crippen molar-refractivity contribution < 1.29 is 23.8 Å². The van der Waals surface area contributed by atoms with Gasteiger partial charge in [0.1, 0.15) is 5.82 Å². The van der Waals surface area contributed by atoms with Crippen LogP contribution in [-0.2, 0) is 9.59 Å². The van der Waals surface area contributed by atoms with E-state index in [9.17, 15) is 24.3 Å². The molecule has 1 aliphatic rings. The van der Waals surface area contributed by atoms with Crippen LogP contribution in [-0.4, -0.2) is 29.3 Å². The molecule has 1 heterocycles. The van der Waals surface area contributed by atoms with Crippen molar-refractivity contribution in [1.29, 1.82) is 5.26 Å². The summed E-state index contributed by atoms with van der Waals surface area (Å²) in [4.78, 5) is 24.5. The maximum absolute atomic E-state index is 13.0. The minimum Gasteiger partial charge on any atom is -0.504 e. The average Bonchev–Trinajstić information content (AvgIpc) is 2.75. The first kappa shape index (κ1) is 22.2. The van der Waals surface area contributed by atoms with Gasteiger partial charge in [0, 0.05) is 18.0 Å². The van der Waals surface area contributed by atoms with Gasteiger partial charge in [-0.05, 0) is 48.9 Å². The number of hydrogen-bond acceptors (Lipinski definition) is 6. The van der Waals surface area contributed by atoms with Gasteiger partial charge in [-0.2, -0.15) is 5.26 Å². The lowest BCUT2D eigenvalue weighted by molar-refractivity contribution is -0.121. The molecule has 3 rings (SSSR count). The van der Waals surface area contributed by atoms with Crippen molar-refractivity contribution >= 4 is 29.3 Å². The number of benzene rings is 2. The third-order valence-electron chi connectivity index (χ3n) is 4.52. The summed E-state index contributed by atoms with van der Waals surface area (Å²) in [7, 11) is 0. The predicted octanol–water partition coefficient (Wildman–Crippen LogP) is 3.64. The summed E-state index contributed by atoms with van der Waals surface area (Å²) in [6.07, 6.45) is 0.0606. The highest BCUT2D eigenvalue weighted by molar-refractivity contribution is 8.03. The maximum atomic E-state index is 13.0. The number of thioether (sulfide) groups is 1. The quantitative estimate of drug-likeness (QED) is 0.605. The molecule has 160 valence electrons. The number of halogens is 1. The van der Waals surface area contributed by atoms with Crippen molar-refractivity contribution in [2.45, 2.75) is 19.3 Å². The second-order valence-corrected chi connectivity index (χ2v) is 7.65. The van der Waals surface area contributed by atoms with Crippen LogP contribution in [0.1, 0.15) is 24.8 Å². The molecule has 31 heavy (non-hydrogen) atoms. The molecule has 7 nitrogen and oxygen atoms in total.